The molecule has 1 aromatic carbocycles. The molecule has 0 bridgehead atoms. The number of rotatable bonds is 6. The summed E-state index contributed by atoms with van der Waals surface area (Å²) in [5.41, 5.74) is 0.726. The molecule has 0 fully saturated rings. The number of ether oxygens (including phenoxy) is 1. The van der Waals surface area contributed by atoms with Crippen molar-refractivity contribution in [3.05, 3.63) is 42.2 Å². The van der Waals surface area contributed by atoms with Crippen molar-refractivity contribution >= 4 is 5.82 Å². The van der Waals surface area contributed by atoms with Crippen molar-refractivity contribution in [2.45, 2.75) is 20.0 Å². The Kier molecular flexibility index (Phi) is 4.69. The van der Waals surface area contributed by atoms with Crippen LogP contribution in [0.4, 0.5) is 5.82 Å². The second-order valence-corrected chi connectivity index (χ2v) is 4.04. The zero-order valence-corrected chi connectivity index (χ0v) is 10.8. The molecule has 5 heteroatoms. The van der Waals surface area contributed by atoms with Gasteiger partial charge in [-0.25, -0.2) is 9.97 Å². The summed E-state index contributed by atoms with van der Waals surface area (Å²) in [6, 6.07) is 9.06. The number of anilines is 1. The highest BCUT2D eigenvalue weighted by molar-refractivity contribution is 5.40. The molecular formula is C14H17N3O2. The molecule has 0 saturated heterocycles. The SMILES string of the molecule is CCCNc1cc(Oc2ccccc2CO)ncn1. The Morgan fingerprint density at radius 1 is 1.26 bits per heavy atom. The van der Waals surface area contributed by atoms with E-state index in [0.717, 1.165) is 24.3 Å². The van der Waals surface area contributed by atoms with Crippen LogP contribution in [0, 0.1) is 0 Å². The molecule has 2 aromatic rings. The lowest BCUT2D eigenvalue weighted by molar-refractivity contribution is 0.276. The predicted octanol–water partition coefficient (Wildman–Crippen LogP) is 2.58. The molecule has 1 heterocycles. The second kappa shape index (κ2) is 6.70. The number of benzene rings is 1. The van der Waals surface area contributed by atoms with E-state index in [1.807, 2.05) is 18.2 Å². The Morgan fingerprint density at radius 3 is 2.89 bits per heavy atom. The van der Waals surface area contributed by atoms with E-state index in [4.69, 9.17) is 4.74 Å². The van der Waals surface area contributed by atoms with Gasteiger partial charge in [0.25, 0.3) is 0 Å². The molecule has 19 heavy (non-hydrogen) atoms. The summed E-state index contributed by atoms with van der Waals surface area (Å²) >= 11 is 0. The van der Waals surface area contributed by atoms with E-state index in [0.29, 0.717) is 11.6 Å². The highest BCUT2D eigenvalue weighted by Crippen LogP contribution is 2.24. The molecule has 0 spiro atoms. The van der Waals surface area contributed by atoms with E-state index in [1.165, 1.54) is 6.33 Å². The van der Waals surface area contributed by atoms with Gasteiger partial charge in [-0.1, -0.05) is 25.1 Å². The molecule has 5 nitrogen and oxygen atoms in total. The van der Waals surface area contributed by atoms with Crippen LogP contribution in [0.5, 0.6) is 11.6 Å². The molecule has 0 atom stereocenters. The Bertz CT molecular complexity index is 532. The standard InChI is InChI=1S/C14H17N3O2/c1-2-7-15-13-8-14(17-10-16-13)19-12-6-4-3-5-11(12)9-18/h3-6,8,10,18H,2,7,9H2,1H3,(H,15,16,17). The summed E-state index contributed by atoms with van der Waals surface area (Å²) in [6.45, 7) is 2.87. The minimum atomic E-state index is -0.0673. The predicted molar refractivity (Wildman–Crippen MR) is 73.3 cm³/mol. The first-order valence-corrected chi connectivity index (χ1v) is 6.26. The van der Waals surface area contributed by atoms with Crippen LogP contribution in [0.15, 0.2) is 36.7 Å². The van der Waals surface area contributed by atoms with Gasteiger partial charge in [0.15, 0.2) is 0 Å². The van der Waals surface area contributed by atoms with Gasteiger partial charge >= 0.3 is 0 Å². The zero-order chi connectivity index (χ0) is 13.5. The molecule has 2 N–H and O–H groups in total. The van der Waals surface area contributed by atoms with Crippen molar-refractivity contribution in [2.24, 2.45) is 0 Å². The Balaban J connectivity index is 2.14. The fourth-order valence-corrected chi connectivity index (χ4v) is 1.59. The summed E-state index contributed by atoms with van der Waals surface area (Å²) in [4.78, 5) is 8.17. The first kappa shape index (κ1) is 13.3. The van der Waals surface area contributed by atoms with Gasteiger partial charge in [0.05, 0.1) is 6.61 Å². The molecule has 0 amide bonds. The number of para-hydroxylation sites is 1. The number of aliphatic hydroxyl groups excluding tert-OH is 1. The van der Waals surface area contributed by atoms with E-state index >= 15 is 0 Å². The van der Waals surface area contributed by atoms with Gasteiger partial charge < -0.3 is 15.2 Å². The summed E-state index contributed by atoms with van der Waals surface area (Å²) in [5, 5.41) is 12.4. The molecule has 0 aliphatic rings. The second-order valence-electron chi connectivity index (χ2n) is 4.04. The number of aromatic nitrogens is 2. The zero-order valence-electron chi connectivity index (χ0n) is 10.8. The summed E-state index contributed by atoms with van der Waals surface area (Å²) in [5.74, 6) is 1.79. The number of hydrogen-bond acceptors (Lipinski definition) is 5. The van der Waals surface area contributed by atoms with E-state index in [9.17, 15) is 5.11 Å². The molecule has 0 radical (unpaired) electrons. The van der Waals surface area contributed by atoms with Crippen molar-refractivity contribution in [2.75, 3.05) is 11.9 Å². The highest BCUT2D eigenvalue weighted by atomic mass is 16.5. The number of aliphatic hydroxyl groups is 1. The molecule has 0 aliphatic heterocycles. The average Bonchev–Trinajstić information content (AvgIpc) is 2.46. The topological polar surface area (TPSA) is 67.3 Å². The lowest BCUT2D eigenvalue weighted by Crippen LogP contribution is -2.02. The van der Waals surface area contributed by atoms with Gasteiger partial charge in [0, 0.05) is 18.2 Å². The first-order chi connectivity index (χ1) is 9.33. The molecule has 100 valence electrons. The quantitative estimate of drug-likeness (QED) is 0.834. The Labute approximate surface area is 112 Å². The van der Waals surface area contributed by atoms with Crippen molar-refractivity contribution in [1.82, 2.24) is 9.97 Å². The van der Waals surface area contributed by atoms with Crippen molar-refractivity contribution in [1.29, 1.82) is 0 Å². The maximum atomic E-state index is 9.24. The van der Waals surface area contributed by atoms with Crippen LogP contribution < -0.4 is 10.1 Å². The summed E-state index contributed by atoms with van der Waals surface area (Å²) in [6.07, 6.45) is 2.47. The maximum Gasteiger partial charge on any atom is 0.224 e. The first-order valence-electron chi connectivity index (χ1n) is 6.26. The Morgan fingerprint density at radius 2 is 2.11 bits per heavy atom. The maximum absolute atomic E-state index is 9.24. The molecule has 0 aliphatic carbocycles. The normalized spacial score (nSPS) is 10.2. The Hall–Kier alpha value is -2.14. The van der Waals surface area contributed by atoms with Crippen molar-refractivity contribution in [3.8, 4) is 11.6 Å². The van der Waals surface area contributed by atoms with Crippen LogP contribution in [0.1, 0.15) is 18.9 Å². The van der Waals surface area contributed by atoms with E-state index in [-0.39, 0.29) is 6.61 Å². The molecule has 0 saturated carbocycles. The molecule has 0 unspecified atom stereocenters. The number of nitrogens with one attached hydrogen (secondary N) is 1. The van der Waals surface area contributed by atoms with E-state index < -0.39 is 0 Å². The molecular weight excluding hydrogens is 242 g/mol. The van der Waals surface area contributed by atoms with Crippen LogP contribution in [0.25, 0.3) is 0 Å². The highest BCUT2D eigenvalue weighted by Gasteiger charge is 2.05. The largest absolute Gasteiger partial charge is 0.438 e. The van der Waals surface area contributed by atoms with Gasteiger partial charge in [-0.05, 0) is 12.5 Å². The minimum Gasteiger partial charge on any atom is -0.438 e. The third kappa shape index (κ3) is 3.66. The minimum absolute atomic E-state index is 0.0673. The average molecular weight is 259 g/mol. The van der Waals surface area contributed by atoms with Gasteiger partial charge in [-0.15, -0.1) is 0 Å². The lowest BCUT2D eigenvalue weighted by Gasteiger charge is -2.09. The van der Waals surface area contributed by atoms with Gasteiger partial charge in [-0.2, -0.15) is 0 Å². The van der Waals surface area contributed by atoms with Crippen molar-refractivity contribution in [3.63, 3.8) is 0 Å². The smallest absolute Gasteiger partial charge is 0.224 e. The van der Waals surface area contributed by atoms with E-state index in [2.05, 4.69) is 22.2 Å². The van der Waals surface area contributed by atoms with Gasteiger partial charge in [0.2, 0.25) is 5.88 Å². The van der Waals surface area contributed by atoms with E-state index in [1.54, 1.807) is 12.1 Å². The van der Waals surface area contributed by atoms with Crippen LogP contribution in [-0.2, 0) is 6.61 Å². The number of nitrogens with zero attached hydrogens (tertiary/aromatic N) is 2. The fraction of sp³-hybridized carbons (Fsp3) is 0.286. The summed E-state index contributed by atoms with van der Waals surface area (Å²) in [7, 11) is 0. The fourth-order valence-electron chi connectivity index (χ4n) is 1.59. The lowest BCUT2D eigenvalue weighted by atomic mass is 10.2. The third-order valence-corrected chi connectivity index (χ3v) is 2.56. The monoisotopic (exact) mass is 259 g/mol. The third-order valence-electron chi connectivity index (χ3n) is 2.56. The van der Waals surface area contributed by atoms with Crippen LogP contribution in [0.3, 0.4) is 0 Å². The number of hydrogen-bond donors (Lipinski definition) is 2. The van der Waals surface area contributed by atoms with Gasteiger partial charge in [-0.3, -0.25) is 0 Å². The van der Waals surface area contributed by atoms with Crippen LogP contribution in [0.2, 0.25) is 0 Å². The van der Waals surface area contributed by atoms with Gasteiger partial charge in [0.1, 0.15) is 17.9 Å². The summed E-state index contributed by atoms with van der Waals surface area (Å²) < 4.78 is 5.67. The molecule has 2 rings (SSSR count). The molecule has 1 aromatic heterocycles. The van der Waals surface area contributed by atoms with Crippen LogP contribution in [-0.4, -0.2) is 21.6 Å². The van der Waals surface area contributed by atoms with Crippen molar-refractivity contribution < 1.29 is 9.84 Å². The van der Waals surface area contributed by atoms with Crippen LogP contribution >= 0.6 is 0 Å².